The number of fused-ring (bicyclic) bond motifs is 1. The highest BCUT2D eigenvalue weighted by molar-refractivity contribution is 6.35. The van der Waals surface area contributed by atoms with E-state index in [1.807, 2.05) is 32.0 Å². The summed E-state index contributed by atoms with van der Waals surface area (Å²) in [5.74, 6) is 0.507. The number of carbonyl (C=O) groups is 1. The molecule has 0 bridgehead atoms. The summed E-state index contributed by atoms with van der Waals surface area (Å²) in [6.45, 7) is 5.58. The van der Waals surface area contributed by atoms with Crippen LogP contribution in [0.4, 0.5) is 0 Å². The highest BCUT2D eigenvalue weighted by Gasteiger charge is 2.21. The fourth-order valence-electron chi connectivity index (χ4n) is 3.81. The lowest BCUT2D eigenvalue weighted by atomic mass is 10.1. The Morgan fingerprint density at radius 3 is 3.00 bits per heavy atom. The van der Waals surface area contributed by atoms with Gasteiger partial charge in [0.25, 0.3) is 0 Å². The van der Waals surface area contributed by atoms with E-state index in [9.17, 15) is 4.79 Å². The van der Waals surface area contributed by atoms with Gasteiger partial charge < -0.3 is 14.0 Å². The number of ketones is 1. The second-order valence-corrected chi connectivity index (χ2v) is 7.59. The zero-order valence-electron chi connectivity index (χ0n) is 16.1. The quantitative estimate of drug-likeness (QED) is 0.562. The van der Waals surface area contributed by atoms with Crippen LogP contribution in [0.3, 0.4) is 0 Å². The molecule has 6 heteroatoms. The second-order valence-electron chi connectivity index (χ2n) is 7.19. The molecule has 0 amide bonds. The maximum absolute atomic E-state index is 12.8. The minimum Gasteiger partial charge on any atom is -0.483 e. The molecule has 0 saturated carbocycles. The number of Topliss-reactive ketones (excluding diaryl/α,β-unsaturated/α-hetero) is 1. The maximum atomic E-state index is 12.8. The number of hydrogen-bond acceptors (Lipinski definition) is 4. The number of pyridine rings is 1. The van der Waals surface area contributed by atoms with Gasteiger partial charge in [0.05, 0.1) is 11.1 Å². The highest BCUT2D eigenvalue weighted by Crippen LogP contribution is 2.30. The number of nitrogens with zero attached hydrogens (tertiary/aromatic N) is 2. The normalized spacial score (nSPS) is 16.6. The van der Waals surface area contributed by atoms with Crippen molar-refractivity contribution in [2.75, 3.05) is 13.2 Å². The van der Waals surface area contributed by atoms with Crippen molar-refractivity contribution < 1.29 is 14.3 Å². The minimum absolute atomic E-state index is 0.0441. The van der Waals surface area contributed by atoms with Crippen molar-refractivity contribution in [3.63, 3.8) is 0 Å². The van der Waals surface area contributed by atoms with Crippen molar-refractivity contribution in [2.45, 2.75) is 39.3 Å². The first kappa shape index (κ1) is 19.0. The zero-order valence-corrected chi connectivity index (χ0v) is 16.8. The molecule has 1 aliphatic heterocycles. The predicted octanol–water partition coefficient (Wildman–Crippen LogP) is 4.75. The monoisotopic (exact) mass is 398 g/mol. The van der Waals surface area contributed by atoms with Crippen LogP contribution in [0.2, 0.25) is 5.02 Å². The number of benzene rings is 1. The molecule has 0 aliphatic carbocycles. The van der Waals surface area contributed by atoms with Crippen LogP contribution in [-0.4, -0.2) is 34.7 Å². The van der Waals surface area contributed by atoms with Crippen LogP contribution in [0, 0.1) is 13.8 Å². The first-order valence-corrected chi connectivity index (χ1v) is 9.90. The van der Waals surface area contributed by atoms with E-state index >= 15 is 0 Å². The lowest BCUT2D eigenvalue weighted by molar-refractivity contribution is 0.0915. The standard InChI is InChI=1S/C22H23ClN2O3/c1-14-11-18(15(2)25(14)12-16-5-4-10-27-16)20(26)13-28-21-8-7-19(23)17-6-3-9-24-22(17)21/h3,6-9,11,16H,4-5,10,12-13H2,1-2H3/t16-/m0/s1. The molecule has 4 rings (SSSR count). The third-order valence-electron chi connectivity index (χ3n) is 5.32. The van der Waals surface area contributed by atoms with Gasteiger partial charge in [0, 0.05) is 41.7 Å². The first-order valence-electron chi connectivity index (χ1n) is 9.52. The summed E-state index contributed by atoms with van der Waals surface area (Å²) in [4.78, 5) is 17.2. The molecule has 0 radical (unpaired) electrons. The summed E-state index contributed by atoms with van der Waals surface area (Å²) in [5.41, 5.74) is 3.38. The number of carbonyl (C=O) groups excluding carboxylic acids is 1. The molecule has 1 saturated heterocycles. The van der Waals surface area contributed by atoms with E-state index in [2.05, 4.69) is 9.55 Å². The molecule has 5 nitrogen and oxygen atoms in total. The van der Waals surface area contributed by atoms with Crippen LogP contribution >= 0.6 is 11.6 Å². The van der Waals surface area contributed by atoms with Crippen LogP contribution < -0.4 is 4.74 Å². The molecule has 3 heterocycles. The van der Waals surface area contributed by atoms with E-state index in [1.54, 1.807) is 18.3 Å². The Morgan fingerprint density at radius 2 is 2.21 bits per heavy atom. The Kier molecular flexibility index (Phi) is 5.38. The minimum atomic E-state index is -0.0503. The van der Waals surface area contributed by atoms with Gasteiger partial charge in [0.15, 0.2) is 6.61 Å². The molecule has 1 atom stereocenters. The van der Waals surface area contributed by atoms with Gasteiger partial charge in [-0.15, -0.1) is 0 Å². The lowest BCUT2D eigenvalue weighted by Gasteiger charge is -2.15. The van der Waals surface area contributed by atoms with Crippen molar-refractivity contribution in [3.8, 4) is 5.75 Å². The van der Waals surface area contributed by atoms with Crippen LogP contribution in [0.5, 0.6) is 5.75 Å². The molecule has 0 N–H and O–H groups in total. The van der Waals surface area contributed by atoms with Crippen LogP contribution in [0.25, 0.3) is 10.9 Å². The molecular formula is C22H23ClN2O3. The zero-order chi connectivity index (χ0) is 19.7. The number of rotatable bonds is 6. The van der Waals surface area contributed by atoms with Gasteiger partial charge in [-0.1, -0.05) is 11.6 Å². The lowest BCUT2D eigenvalue weighted by Crippen LogP contribution is -2.18. The van der Waals surface area contributed by atoms with E-state index < -0.39 is 0 Å². The van der Waals surface area contributed by atoms with Crippen molar-refractivity contribution in [1.29, 1.82) is 0 Å². The summed E-state index contributed by atoms with van der Waals surface area (Å²) in [5, 5.41) is 1.42. The summed E-state index contributed by atoms with van der Waals surface area (Å²) in [7, 11) is 0. The third kappa shape index (κ3) is 3.64. The average molecular weight is 399 g/mol. The number of aryl methyl sites for hydroxylation is 1. The van der Waals surface area contributed by atoms with Gasteiger partial charge in [-0.3, -0.25) is 9.78 Å². The van der Waals surface area contributed by atoms with Crippen molar-refractivity contribution in [1.82, 2.24) is 9.55 Å². The molecule has 1 aliphatic rings. The maximum Gasteiger partial charge on any atom is 0.202 e. The van der Waals surface area contributed by atoms with E-state index in [-0.39, 0.29) is 18.5 Å². The summed E-state index contributed by atoms with van der Waals surface area (Å²) in [6.07, 6.45) is 4.09. The average Bonchev–Trinajstić information content (AvgIpc) is 3.31. The van der Waals surface area contributed by atoms with Gasteiger partial charge in [-0.25, -0.2) is 0 Å². The molecule has 146 valence electrons. The molecule has 0 unspecified atom stereocenters. The predicted molar refractivity (Wildman–Crippen MR) is 109 cm³/mol. The van der Waals surface area contributed by atoms with Crippen LogP contribution in [-0.2, 0) is 11.3 Å². The Hall–Kier alpha value is -2.37. The van der Waals surface area contributed by atoms with E-state index in [1.165, 1.54) is 0 Å². The molecule has 1 fully saturated rings. The van der Waals surface area contributed by atoms with Crippen LogP contribution in [0.1, 0.15) is 34.6 Å². The van der Waals surface area contributed by atoms with Gasteiger partial charge in [-0.05, 0) is 57.0 Å². The van der Waals surface area contributed by atoms with Crippen molar-refractivity contribution in [2.24, 2.45) is 0 Å². The fraction of sp³-hybridized carbons (Fsp3) is 0.364. The molecule has 28 heavy (non-hydrogen) atoms. The van der Waals surface area contributed by atoms with E-state index in [0.717, 1.165) is 42.8 Å². The largest absolute Gasteiger partial charge is 0.483 e. The smallest absolute Gasteiger partial charge is 0.202 e. The molecule has 3 aromatic rings. The Balaban J connectivity index is 1.51. The van der Waals surface area contributed by atoms with Crippen molar-refractivity contribution in [3.05, 3.63) is 58.5 Å². The van der Waals surface area contributed by atoms with Crippen LogP contribution in [0.15, 0.2) is 36.5 Å². The fourth-order valence-corrected chi connectivity index (χ4v) is 4.02. The van der Waals surface area contributed by atoms with Gasteiger partial charge >= 0.3 is 0 Å². The number of halogens is 1. The van der Waals surface area contributed by atoms with Gasteiger partial charge in [-0.2, -0.15) is 0 Å². The molecule has 1 aromatic carbocycles. The van der Waals surface area contributed by atoms with E-state index in [0.29, 0.717) is 21.9 Å². The SMILES string of the molecule is Cc1cc(C(=O)COc2ccc(Cl)c3cccnc23)c(C)n1C[C@@H]1CCCO1. The summed E-state index contributed by atoms with van der Waals surface area (Å²) in [6, 6.07) is 9.17. The molecule has 2 aromatic heterocycles. The van der Waals surface area contributed by atoms with E-state index in [4.69, 9.17) is 21.1 Å². The number of hydrogen-bond donors (Lipinski definition) is 0. The number of ether oxygens (including phenoxy) is 2. The van der Waals surface area contributed by atoms with Gasteiger partial charge in [0.1, 0.15) is 11.3 Å². The Bertz CT molecular complexity index is 1020. The Morgan fingerprint density at radius 1 is 1.36 bits per heavy atom. The summed E-state index contributed by atoms with van der Waals surface area (Å²) < 4.78 is 13.7. The second kappa shape index (κ2) is 7.94. The third-order valence-corrected chi connectivity index (χ3v) is 5.65. The Labute approximate surface area is 169 Å². The van der Waals surface area contributed by atoms with Gasteiger partial charge in [0.2, 0.25) is 5.78 Å². The highest BCUT2D eigenvalue weighted by atomic mass is 35.5. The number of aromatic nitrogens is 2. The molecule has 0 spiro atoms. The summed E-state index contributed by atoms with van der Waals surface area (Å²) >= 11 is 6.22. The first-order chi connectivity index (χ1) is 13.5. The van der Waals surface area contributed by atoms with Crippen molar-refractivity contribution >= 4 is 28.3 Å². The molecular weight excluding hydrogens is 376 g/mol. The topological polar surface area (TPSA) is 53.3 Å².